The summed E-state index contributed by atoms with van der Waals surface area (Å²) in [6.45, 7) is 2.05. The van der Waals surface area contributed by atoms with E-state index in [9.17, 15) is 0 Å². The van der Waals surface area contributed by atoms with Crippen molar-refractivity contribution >= 4 is 16.6 Å². The number of fused-ring (bicyclic) bond motifs is 4. The van der Waals surface area contributed by atoms with E-state index in [2.05, 4.69) is 89.9 Å². The summed E-state index contributed by atoms with van der Waals surface area (Å²) in [5.74, 6) is 0.942. The molecule has 3 aromatic rings. The maximum atomic E-state index is 6.81. The Hall–Kier alpha value is -2.50. The van der Waals surface area contributed by atoms with E-state index in [0.29, 0.717) is 0 Å². The van der Waals surface area contributed by atoms with Crippen LogP contribution in [0.4, 0.5) is 5.69 Å². The highest BCUT2D eigenvalue weighted by molar-refractivity contribution is 5.84. The minimum Gasteiger partial charge on any atom is -0.479 e. The molecule has 0 aliphatic carbocycles. The Bertz CT molecular complexity index is 1010. The van der Waals surface area contributed by atoms with E-state index in [0.717, 1.165) is 31.7 Å². The summed E-state index contributed by atoms with van der Waals surface area (Å²) in [5, 5.41) is 4.93. The molecule has 2 aliphatic rings. The molecule has 5 heteroatoms. The zero-order valence-corrected chi connectivity index (χ0v) is 16.8. The first-order chi connectivity index (χ1) is 13.6. The summed E-state index contributed by atoms with van der Waals surface area (Å²) in [5.41, 5.74) is 4.64. The van der Waals surface area contributed by atoms with Crippen molar-refractivity contribution in [3.8, 4) is 5.75 Å². The zero-order chi connectivity index (χ0) is 19.3. The van der Waals surface area contributed by atoms with Gasteiger partial charge in [-0.2, -0.15) is 0 Å². The van der Waals surface area contributed by atoms with Crippen LogP contribution in [0.1, 0.15) is 17.5 Å². The van der Waals surface area contributed by atoms with Crippen LogP contribution in [0.25, 0.3) is 10.9 Å². The lowest BCUT2D eigenvalue weighted by Crippen LogP contribution is -2.45. The Morgan fingerprint density at radius 1 is 1.21 bits per heavy atom. The SMILES string of the molecule is CN(C)CCc1c[nH]c2ccc(O[C@@]34CCN(C)[C@@H]3Nc3ccccc34)cc12. The Morgan fingerprint density at radius 3 is 2.93 bits per heavy atom. The molecular formula is C23H28N4O. The van der Waals surface area contributed by atoms with E-state index in [1.807, 2.05) is 0 Å². The number of H-pyrrole nitrogens is 1. The summed E-state index contributed by atoms with van der Waals surface area (Å²) in [4.78, 5) is 7.98. The van der Waals surface area contributed by atoms with Crippen LogP contribution >= 0.6 is 0 Å². The molecule has 1 fully saturated rings. The van der Waals surface area contributed by atoms with Crippen LogP contribution in [0.15, 0.2) is 48.7 Å². The average Bonchev–Trinajstić information content (AvgIpc) is 3.33. The maximum Gasteiger partial charge on any atom is 0.171 e. The Morgan fingerprint density at radius 2 is 2.07 bits per heavy atom. The lowest BCUT2D eigenvalue weighted by Gasteiger charge is -2.32. The monoisotopic (exact) mass is 376 g/mol. The number of hydrogen-bond donors (Lipinski definition) is 2. The van der Waals surface area contributed by atoms with Crippen LogP contribution in [0, 0.1) is 0 Å². The van der Waals surface area contributed by atoms with Gasteiger partial charge in [-0.15, -0.1) is 0 Å². The number of ether oxygens (including phenoxy) is 1. The molecule has 5 nitrogen and oxygen atoms in total. The third-order valence-corrected chi connectivity index (χ3v) is 6.26. The molecule has 1 aromatic heterocycles. The van der Waals surface area contributed by atoms with Gasteiger partial charge < -0.3 is 19.9 Å². The van der Waals surface area contributed by atoms with Crippen LogP contribution in [-0.4, -0.2) is 55.2 Å². The molecule has 2 N–H and O–H groups in total. The average molecular weight is 377 g/mol. The molecule has 5 rings (SSSR count). The molecular weight excluding hydrogens is 348 g/mol. The molecule has 2 atom stereocenters. The number of aromatic nitrogens is 1. The first-order valence-electron chi connectivity index (χ1n) is 10.1. The molecule has 0 unspecified atom stereocenters. The minimum absolute atomic E-state index is 0.167. The molecule has 0 spiro atoms. The van der Waals surface area contributed by atoms with Gasteiger partial charge in [-0.3, -0.25) is 4.90 Å². The predicted molar refractivity (Wildman–Crippen MR) is 114 cm³/mol. The first-order valence-corrected chi connectivity index (χ1v) is 10.1. The third kappa shape index (κ3) is 2.69. The van der Waals surface area contributed by atoms with Crippen LogP contribution in [0.2, 0.25) is 0 Å². The van der Waals surface area contributed by atoms with Crippen LogP contribution in [0.3, 0.4) is 0 Å². The second-order valence-electron chi connectivity index (χ2n) is 8.39. The van der Waals surface area contributed by atoms with E-state index in [4.69, 9.17) is 4.74 Å². The second kappa shape index (κ2) is 6.54. The number of para-hydroxylation sites is 1. The smallest absolute Gasteiger partial charge is 0.171 e. The summed E-state index contributed by atoms with van der Waals surface area (Å²) in [6, 6.07) is 15.0. The van der Waals surface area contributed by atoms with Crippen molar-refractivity contribution < 1.29 is 4.74 Å². The molecule has 1 saturated heterocycles. The van der Waals surface area contributed by atoms with E-state index in [1.54, 1.807) is 0 Å². The number of hydrogen-bond acceptors (Lipinski definition) is 4. The highest BCUT2D eigenvalue weighted by Crippen LogP contribution is 2.49. The Labute approximate surface area is 166 Å². The van der Waals surface area contributed by atoms with Crippen molar-refractivity contribution in [2.24, 2.45) is 0 Å². The first kappa shape index (κ1) is 17.6. The predicted octanol–water partition coefficient (Wildman–Crippen LogP) is 3.63. The molecule has 0 saturated carbocycles. The van der Waals surface area contributed by atoms with Gasteiger partial charge in [-0.1, -0.05) is 18.2 Å². The quantitative estimate of drug-likeness (QED) is 0.714. The number of rotatable bonds is 5. The highest BCUT2D eigenvalue weighted by atomic mass is 16.5. The fourth-order valence-corrected chi connectivity index (χ4v) is 4.74. The number of nitrogens with one attached hydrogen (secondary N) is 2. The molecule has 28 heavy (non-hydrogen) atoms. The van der Waals surface area contributed by atoms with Crippen LogP contribution in [-0.2, 0) is 12.0 Å². The van der Waals surface area contributed by atoms with Crippen LogP contribution in [0.5, 0.6) is 5.75 Å². The largest absolute Gasteiger partial charge is 0.479 e. The van der Waals surface area contributed by atoms with Gasteiger partial charge in [0.05, 0.1) is 0 Å². The van der Waals surface area contributed by atoms with Gasteiger partial charge in [-0.05, 0) is 57.4 Å². The number of likely N-dealkylation sites (tertiary alicyclic amines) is 1. The van der Waals surface area contributed by atoms with Gasteiger partial charge in [0.25, 0.3) is 0 Å². The van der Waals surface area contributed by atoms with E-state index in [-0.39, 0.29) is 11.8 Å². The number of benzene rings is 2. The van der Waals surface area contributed by atoms with Gasteiger partial charge in [-0.25, -0.2) is 0 Å². The summed E-state index contributed by atoms with van der Waals surface area (Å²) < 4.78 is 6.81. The molecule has 0 bridgehead atoms. The molecule has 2 aromatic carbocycles. The molecule has 0 amide bonds. The highest BCUT2D eigenvalue weighted by Gasteiger charge is 2.55. The van der Waals surface area contributed by atoms with Crippen molar-refractivity contribution in [3.05, 3.63) is 59.8 Å². The van der Waals surface area contributed by atoms with Gasteiger partial charge >= 0.3 is 0 Å². The van der Waals surface area contributed by atoms with Crippen LogP contribution < -0.4 is 10.1 Å². The fraction of sp³-hybridized carbons (Fsp3) is 0.391. The lowest BCUT2D eigenvalue weighted by molar-refractivity contribution is 0.0516. The van der Waals surface area contributed by atoms with Gasteiger partial charge in [0, 0.05) is 47.9 Å². The number of likely N-dealkylation sites (N-methyl/N-ethyl adjacent to an activating group) is 2. The Balaban J connectivity index is 1.51. The van der Waals surface area contributed by atoms with Crippen molar-refractivity contribution in [2.45, 2.75) is 24.6 Å². The van der Waals surface area contributed by atoms with Crippen molar-refractivity contribution in [1.82, 2.24) is 14.8 Å². The standard InChI is InChI=1S/C23H28N4O/c1-26(2)12-10-16-15-24-20-9-8-17(14-18(16)20)28-23-11-13-27(3)22(23)25-21-7-5-4-6-19(21)23/h4-9,14-15,22,24-25H,10-13H2,1-3H3/t22-,23+/m0/s1. The summed E-state index contributed by atoms with van der Waals surface area (Å²) in [6.07, 6.45) is 4.31. The van der Waals surface area contributed by atoms with Crippen molar-refractivity contribution in [3.63, 3.8) is 0 Å². The minimum atomic E-state index is -0.334. The topological polar surface area (TPSA) is 43.5 Å². The van der Waals surface area contributed by atoms with E-state index in [1.165, 1.54) is 27.7 Å². The summed E-state index contributed by atoms with van der Waals surface area (Å²) >= 11 is 0. The zero-order valence-electron chi connectivity index (χ0n) is 16.8. The van der Waals surface area contributed by atoms with Gasteiger partial charge in [0.2, 0.25) is 0 Å². The van der Waals surface area contributed by atoms with Gasteiger partial charge in [0.1, 0.15) is 11.9 Å². The number of aromatic amines is 1. The normalized spacial score (nSPS) is 23.8. The molecule has 3 heterocycles. The van der Waals surface area contributed by atoms with Gasteiger partial charge in [0.15, 0.2) is 5.60 Å². The molecule has 146 valence electrons. The number of nitrogens with zero attached hydrogens (tertiary/aromatic N) is 2. The third-order valence-electron chi connectivity index (χ3n) is 6.26. The van der Waals surface area contributed by atoms with Crippen molar-refractivity contribution in [2.75, 3.05) is 39.5 Å². The maximum absolute atomic E-state index is 6.81. The number of anilines is 1. The second-order valence-corrected chi connectivity index (χ2v) is 8.39. The van der Waals surface area contributed by atoms with E-state index >= 15 is 0 Å². The lowest BCUT2D eigenvalue weighted by atomic mass is 9.92. The molecule has 2 aliphatic heterocycles. The van der Waals surface area contributed by atoms with Crippen molar-refractivity contribution in [1.29, 1.82) is 0 Å². The summed E-state index contributed by atoms with van der Waals surface area (Å²) in [7, 11) is 6.40. The van der Waals surface area contributed by atoms with E-state index < -0.39 is 0 Å². The molecule has 0 radical (unpaired) electrons. The fourth-order valence-electron chi connectivity index (χ4n) is 4.74. The Kier molecular flexibility index (Phi) is 4.11.